The quantitative estimate of drug-likeness (QED) is 0.667. The molecule has 1 aromatic rings. The summed E-state index contributed by atoms with van der Waals surface area (Å²) >= 11 is 0. The number of nitro benzene ring substituents is 1. The van der Waals surface area contributed by atoms with Gasteiger partial charge in [0.05, 0.1) is 11.0 Å². The number of halogens is 1. The van der Waals surface area contributed by atoms with E-state index in [0.717, 1.165) is 32.0 Å². The topological polar surface area (TPSA) is 58.4 Å². The first-order valence-corrected chi connectivity index (χ1v) is 7.00. The lowest BCUT2D eigenvalue weighted by Crippen LogP contribution is -2.35. The molecule has 1 aromatic carbocycles. The van der Waals surface area contributed by atoms with Gasteiger partial charge in [-0.05, 0) is 37.8 Å². The van der Waals surface area contributed by atoms with Crippen LogP contribution in [0.5, 0.6) is 0 Å². The number of rotatable bonds is 2. The van der Waals surface area contributed by atoms with Gasteiger partial charge in [-0.15, -0.1) is 0 Å². The number of benzene rings is 1. The Balaban J connectivity index is 1.96. The fraction of sp³-hybridized carbons (Fsp3) is 0.571. The highest BCUT2D eigenvalue weighted by Crippen LogP contribution is 2.33. The van der Waals surface area contributed by atoms with Gasteiger partial charge in [0.1, 0.15) is 11.5 Å². The summed E-state index contributed by atoms with van der Waals surface area (Å²) in [6.07, 6.45) is 3.27. The molecule has 0 amide bonds. The molecule has 3 rings (SSSR count). The fourth-order valence-corrected chi connectivity index (χ4v) is 3.22. The van der Waals surface area contributed by atoms with E-state index in [0.29, 0.717) is 23.3 Å². The number of nitrogens with one attached hydrogen (secondary N) is 1. The number of hydrogen-bond donors (Lipinski definition) is 1. The van der Waals surface area contributed by atoms with Crippen LogP contribution in [0.2, 0.25) is 0 Å². The summed E-state index contributed by atoms with van der Waals surface area (Å²) < 4.78 is 13.6. The van der Waals surface area contributed by atoms with Crippen molar-refractivity contribution in [2.75, 3.05) is 18.0 Å². The van der Waals surface area contributed by atoms with Crippen molar-refractivity contribution in [2.24, 2.45) is 0 Å². The highest BCUT2D eigenvalue weighted by Gasteiger charge is 2.32. The minimum atomic E-state index is -0.519. The van der Waals surface area contributed by atoms with Gasteiger partial charge in [-0.25, -0.2) is 4.39 Å². The predicted molar refractivity (Wildman–Crippen MR) is 74.6 cm³/mol. The molecule has 1 N–H and O–H groups in total. The Bertz CT molecular complexity index is 549. The van der Waals surface area contributed by atoms with E-state index in [1.165, 1.54) is 6.42 Å². The van der Waals surface area contributed by atoms with E-state index in [1.807, 2.05) is 4.90 Å². The normalized spacial score (nSPS) is 25.6. The zero-order chi connectivity index (χ0) is 14.3. The third kappa shape index (κ3) is 2.35. The molecule has 2 fully saturated rings. The van der Waals surface area contributed by atoms with Gasteiger partial charge in [-0.3, -0.25) is 10.1 Å². The lowest BCUT2D eigenvalue weighted by molar-refractivity contribution is -0.384. The van der Waals surface area contributed by atoms with E-state index >= 15 is 0 Å². The molecule has 0 radical (unpaired) electrons. The first-order valence-electron chi connectivity index (χ1n) is 7.00. The van der Waals surface area contributed by atoms with Gasteiger partial charge in [0, 0.05) is 25.2 Å². The molecule has 20 heavy (non-hydrogen) atoms. The van der Waals surface area contributed by atoms with Gasteiger partial charge in [0.25, 0.3) is 5.69 Å². The summed E-state index contributed by atoms with van der Waals surface area (Å²) in [5.74, 6) is -0.519. The first-order chi connectivity index (χ1) is 9.54. The summed E-state index contributed by atoms with van der Waals surface area (Å²) in [6.45, 7) is 3.17. The number of anilines is 1. The molecule has 0 spiro atoms. The Morgan fingerprint density at radius 3 is 2.85 bits per heavy atom. The van der Waals surface area contributed by atoms with Crippen molar-refractivity contribution in [1.82, 2.24) is 5.32 Å². The van der Waals surface area contributed by atoms with Crippen LogP contribution in [0.4, 0.5) is 15.8 Å². The molecule has 2 aliphatic heterocycles. The molecule has 2 heterocycles. The van der Waals surface area contributed by atoms with Crippen LogP contribution in [0.15, 0.2) is 12.1 Å². The van der Waals surface area contributed by atoms with Gasteiger partial charge >= 0.3 is 0 Å². The van der Waals surface area contributed by atoms with Crippen LogP contribution < -0.4 is 10.2 Å². The van der Waals surface area contributed by atoms with Crippen molar-refractivity contribution in [2.45, 2.75) is 38.3 Å². The highest BCUT2D eigenvalue weighted by molar-refractivity contribution is 5.65. The summed E-state index contributed by atoms with van der Waals surface area (Å²) in [7, 11) is 0. The Kier molecular flexibility index (Phi) is 3.33. The molecule has 2 aliphatic rings. The van der Waals surface area contributed by atoms with Crippen LogP contribution in [0, 0.1) is 22.9 Å². The number of aryl methyl sites for hydroxylation is 1. The molecule has 2 atom stereocenters. The maximum Gasteiger partial charge on any atom is 0.295 e. The Morgan fingerprint density at radius 1 is 1.35 bits per heavy atom. The number of fused-ring (bicyclic) bond motifs is 2. The summed E-state index contributed by atoms with van der Waals surface area (Å²) in [5.41, 5.74) is 0.863. The zero-order valence-electron chi connectivity index (χ0n) is 11.4. The van der Waals surface area contributed by atoms with E-state index in [2.05, 4.69) is 5.32 Å². The Morgan fingerprint density at radius 2 is 2.10 bits per heavy atom. The monoisotopic (exact) mass is 279 g/mol. The van der Waals surface area contributed by atoms with Crippen molar-refractivity contribution in [3.63, 3.8) is 0 Å². The highest BCUT2D eigenvalue weighted by atomic mass is 19.1. The molecule has 2 unspecified atom stereocenters. The fourth-order valence-electron chi connectivity index (χ4n) is 3.22. The molecule has 0 aliphatic carbocycles. The van der Waals surface area contributed by atoms with Crippen molar-refractivity contribution in [1.29, 1.82) is 0 Å². The van der Waals surface area contributed by atoms with Crippen LogP contribution in [0.3, 0.4) is 0 Å². The molecule has 108 valence electrons. The molecule has 6 heteroatoms. The van der Waals surface area contributed by atoms with Gasteiger partial charge in [0.15, 0.2) is 0 Å². The lowest BCUT2D eigenvalue weighted by Gasteiger charge is -2.26. The second-order valence-electron chi connectivity index (χ2n) is 5.72. The summed E-state index contributed by atoms with van der Waals surface area (Å²) in [6, 6.07) is 3.55. The van der Waals surface area contributed by atoms with Crippen molar-refractivity contribution < 1.29 is 9.31 Å². The third-order valence-electron chi connectivity index (χ3n) is 4.32. The van der Waals surface area contributed by atoms with Crippen LogP contribution >= 0.6 is 0 Å². The molecule has 0 saturated carbocycles. The lowest BCUT2D eigenvalue weighted by atomic mass is 10.1. The van der Waals surface area contributed by atoms with Gasteiger partial charge in [-0.1, -0.05) is 0 Å². The maximum absolute atomic E-state index is 13.6. The molecule has 5 nitrogen and oxygen atoms in total. The van der Waals surface area contributed by atoms with Crippen LogP contribution in [-0.2, 0) is 0 Å². The molecule has 2 saturated heterocycles. The van der Waals surface area contributed by atoms with E-state index in [4.69, 9.17) is 0 Å². The average Bonchev–Trinajstić information content (AvgIpc) is 2.72. The SMILES string of the molecule is Cc1cc(N2CCC3CCC(C2)N3)c([N+](=O)[O-])cc1F. The Hall–Kier alpha value is -1.69. The van der Waals surface area contributed by atoms with E-state index < -0.39 is 10.7 Å². The molecule has 0 aromatic heterocycles. The van der Waals surface area contributed by atoms with Crippen molar-refractivity contribution >= 4 is 11.4 Å². The number of nitro groups is 1. The zero-order valence-corrected chi connectivity index (χ0v) is 11.4. The maximum atomic E-state index is 13.6. The minimum absolute atomic E-state index is 0.133. The molecular formula is C14H18FN3O2. The number of nitrogens with zero attached hydrogens (tertiary/aromatic N) is 2. The van der Waals surface area contributed by atoms with E-state index in [1.54, 1.807) is 13.0 Å². The largest absolute Gasteiger partial charge is 0.364 e. The molecule has 2 bridgehead atoms. The second kappa shape index (κ2) is 5.01. The average molecular weight is 279 g/mol. The Labute approximate surface area is 116 Å². The summed E-state index contributed by atoms with van der Waals surface area (Å²) in [5, 5.41) is 14.7. The van der Waals surface area contributed by atoms with Gasteiger partial charge in [0.2, 0.25) is 0 Å². The predicted octanol–water partition coefficient (Wildman–Crippen LogP) is 2.37. The van der Waals surface area contributed by atoms with Gasteiger partial charge in [-0.2, -0.15) is 0 Å². The van der Waals surface area contributed by atoms with Crippen molar-refractivity contribution in [3.05, 3.63) is 33.6 Å². The van der Waals surface area contributed by atoms with Crippen LogP contribution in [0.25, 0.3) is 0 Å². The first kappa shape index (κ1) is 13.3. The van der Waals surface area contributed by atoms with Crippen molar-refractivity contribution in [3.8, 4) is 0 Å². The van der Waals surface area contributed by atoms with Crippen LogP contribution in [0.1, 0.15) is 24.8 Å². The van der Waals surface area contributed by atoms with E-state index in [-0.39, 0.29) is 5.69 Å². The third-order valence-corrected chi connectivity index (χ3v) is 4.32. The molecular weight excluding hydrogens is 261 g/mol. The number of hydrogen-bond acceptors (Lipinski definition) is 4. The van der Waals surface area contributed by atoms with Crippen LogP contribution in [-0.4, -0.2) is 30.1 Å². The standard InChI is InChI=1S/C14H18FN3O2/c1-9-6-13(14(18(19)20)7-12(9)15)17-5-4-10-2-3-11(8-17)16-10/h6-7,10-11,16H,2-5,8H2,1H3. The van der Waals surface area contributed by atoms with Gasteiger partial charge < -0.3 is 10.2 Å². The smallest absolute Gasteiger partial charge is 0.295 e. The minimum Gasteiger partial charge on any atom is -0.364 e. The second-order valence-corrected chi connectivity index (χ2v) is 5.72. The summed E-state index contributed by atoms with van der Waals surface area (Å²) in [4.78, 5) is 12.7. The van der Waals surface area contributed by atoms with E-state index in [9.17, 15) is 14.5 Å².